The number of halogens is 1. The van der Waals surface area contributed by atoms with Crippen LogP contribution in [0.2, 0.25) is 0 Å². The molecule has 0 amide bonds. The van der Waals surface area contributed by atoms with Gasteiger partial charge in [0.05, 0.1) is 0 Å². The molecule has 1 rings (SSSR count). The van der Waals surface area contributed by atoms with E-state index in [0.29, 0.717) is 0 Å². The number of aromatic nitrogens is 1. The van der Waals surface area contributed by atoms with Gasteiger partial charge in [-0.2, -0.15) is 0 Å². The van der Waals surface area contributed by atoms with Gasteiger partial charge in [0.1, 0.15) is 6.29 Å². The number of aldehydes is 1. The van der Waals surface area contributed by atoms with Crippen LogP contribution in [-0.4, -0.2) is 11.3 Å². The van der Waals surface area contributed by atoms with Gasteiger partial charge in [0.15, 0.2) is 0 Å². The molecule has 0 bridgehead atoms. The van der Waals surface area contributed by atoms with E-state index in [0.717, 1.165) is 16.3 Å². The lowest BCUT2D eigenvalue weighted by Gasteiger charge is -1.93. The first-order valence-corrected chi connectivity index (χ1v) is 3.85. The predicted molar refractivity (Wildman–Crippen MR) is 47.0 cm³/mol. The summed E-state index contributed by atoms with van der Waals surface area (Å²) in [4.78, 5) is 13.9. The molecule has 0 aliphatic rings. The SMILES string of the molecule is O=C/C=C/c1ccncc1Br. The summed E-state index contributed by atoms with van der Waals surface area (Å²) in [5, 5.41) is 0. The van der Waals surface area contributed by atoms with Crippen molar-refractivity contribution in [2.75, 3.05) is 0 Å². The van der Waals surface area contributed by atoms with Crippen LogP contribution in [0.3, 0.4) is 0 Å². The van der Waals surface area contributed by atoms with E-state index in [4.69, 9.17) is 0 Å². The van der Waals surface area contributed by atoms with Gasteiger partial charge in [0, 0.05) is 16.9 Å². The first-order chi connectivity index (χ1) is 5.34. The van der Waals surface area contributed by atoms with Crippen molar-refractivity contribution in [3.05, 3.63) is 34.6 Å². The van der Waals surface area contributed by atoms with Gasteiger partial charge < -0.3 is 0 Å². The summed E-state index contributed by atoms with van der Waals surface area (Å²) in [6, 6.07) is 1.82. The Morgan fingerprint density at radius 1 is 1.55 bits per heavy atom. The molecule has 0 aliphatic heterocycles. The van der Waals surface area contributed by atoms with Crippen molar-refractivity contribution in [1.29, 1.82) is 0 Å². The van der Waals surface area contributed by atoms with Crippen molar-refractivity contribution in [3.8, 4) is 0 Å². The van der Waals surface area contributed by atoms with Crippen molar-refractivity contribution >= 4 is 28.3 Å². The quantitative estimate of drug-likeness (QED) is 0.554. The molecule has 1 aromatic rings. The monoisotopic (exact) mass is 211 g/mol. The molecule has 2 nitrogen and oxygen atoms in total. The fourth-order valence-electron chi connectivity index (χ4n) is 0.664. The lowest BCUT2D eigenvalue weighted by molar-refractivity contribution is -0.104. The van der Waals surface area contributed by atoms with Crippen LogP contribution in [-0.2, 0) is 4.79 Å². The van der Waals surface area contributed by atoms with E-state index in [1.807, 2.05) is 6.07 Å². The van der Waals surface area contributed by atoms with Crippen LogP contribution in [0.25, 0.3) is 6.08 Å². The lowest BCUT2D eigenvalue weighted by Crippen LogP contribution is -1.76. The van der Waals surface area contributed by atoms with Gasteiger partial charge in [-0.1, -0.05) is 6.08 Å². The Labute approximate surface area is 73.1 Å². The summed E-state index contributed by atoms with van der Waals surface area (Å²) < 4.78 is 0.887. The van der Waals surface area contributed by atoms with Crippen molar-refractivity contribution < 1.29 is 4.79 Å². The van der Waals surface area contributed by atoms with Crippen LogP contribution in [0.15, 0.2) is 29.0 Å². The standard InChI is InChI=1S/C8H6BrNO/c9-8-6-10-4-3-7(8)2-1-5-11/h1-6H/b2-1+. The third kappa shape index (κ3) is 2.27. The van der Waals surface area contributed by atoms with E-state index < -0.39 is 0 Å². The van der Waals surface area contributed by atoms with Crippen molar-refractivity contribution in [2.24, 2.45) is 0 Å². The number of hydrogen-bond acceptors (Lipinski definition) is 2. The summed E-state index contributed by atoms with van der Waals surface area (Å²) in [7, 11) is 0. The van der Waals surface area contributed by atoms with E-state index in [-0.39, 0.29) is 0 Å². The molecule has 0 saturated carbocycles. The highest BCUT2D eigenvalue weighted by Crippen LogP contribution is 2.15. The molecule has 11 heavy (non-hydrogen) atoms. The smallest absolute Gasteiger partial charge is 0.142 e. The van der Waals surface area contributed by atoms with Gasteiger partial charge in [-0.3, -0.25) is 9.78 Å². The molecular formula is C8H6BrNO. The maximum absolute atomic E-state index is 9.97. The Bertz CT molecular complexity index is 283. The Morgan fingerprint density at radius 2 is 2.36 bits per heavy atom. The molecule has 0 radical (unpaired) electrons. The second-order valence-corrected chi connectivity index (χ2v) is 2.75. The average molecular weight is 212 g/mol. The van der Waals surface area contributed by atoms with Gasteiger partial charge in [-0.05, 0) is 33.6 Å². The Morgan fingerprint density at radius 3 is 3.00 bits per heavy atom. The number of carbonyl (C=O) groups excluding carboxylic acids is 1. The van der Waals surface area contributed by atoms with Crippen LogP contribution in [0, 0.1) is 0 Å². The molecule has 56 valence electrons. The second-order valence-electron chi connectivity index (χ2n) is 1.89. The molecule has 0 aromatic carbocycles. The third-order valence-electron chi connectivity index (χ3n) is 1.16. The minimum absolute atomic E-state index is 0.743. The summed E-state index contributed by atoms with van der Waals surface area (Å²) in [5.74, 6) is 0. The van der Waals surface area contributed by atoms with Crippen LogP contribution in [0.5, 0.6) is 0 Å². The maximum Gasteiger partial charge on any atom is 0.142 e. The summed E-state index contributed by atoms with van der Waals surface area (Å²) >= 11 is 3.30. The van der Waals surface area contributed by atoms with Gasteiger partial charge in [0.2, 0.25) is 0 Å². The number of nitrogens with zero attached hydrogens (tertiary/aromatic N) is 1. The zero-order valence-electron chi connectivity index (χ0n) is 5.70. The highest BCUT2D eigenvalue weighted by Gasteiger charge is 1.91. The summed E-state index contributed by atoms with van der Waals surface area (Å²) in [6.07, 6.45) is 7.27. The summed E-state index contributed by atoms with van der Waals surface area (Å²) in [5.41, 5.74) is 0.951. The van der Waals surface area contributed by atoms with Gasteiger partial charge in [-0.25, -0.2) is 0 Å². The largest absolute Gasteiger partial charge is 0.299 e. The Balaban J connectivity index is 2.94. The molecule has 0 aliphatic carbocycles. The molecule has 1 heterocycles. The third-order valence-corrected chi connectivity index (χ3v) is 1.82. The van der Waals surface area contributed by atoms with Crippen LogP contribution < -0.4 is 0 Å². The van der Waals surface area contributed by atoms with E-state index in [1.165, 1.54) is 6.08 Å². The molecule has 3 heteroatoms. The maximum atomic E-state index is 9.97. The topological polar surface area (TPSA) is 30.0 Å². The molecule has 0 saturated heterocycles. The normalized spacial score (nSPS) is 10.3. The first-order valence-electron chi connectivity index (χ1n) is 3.06. The van der Waals surface area contributed by atoms with Gasteiger partial charge in [-0.15, -0.1) is 0 Å². The van der Waals surface area contributed by atoms with Crippen LogP contribution in [0.4, 0.5) is 0 Å². The van der Waals surface area contributed by atoms with E-state index in [9.17, 15) is 4.79 Å². The number of allylic oxidation sites excluding steroid dienone is 1. The summed E-state index contributed by atoms with van der Waals surface area (Å²) in [6.45, 7) is 0. The van der Waals surface area contributed by atoms with E-state index in [2.05, 4.69) is 20.9 Å². The van der Waals surface area contributed by atoms with Crippen molar-refractivity contribution in [1.82, 2.24) is 4.98 Å². The minimum atomic E-state index is 0.743. The highest BCUT2D eigenvalue weighted by molar-refractivity contribution is 9.10. The zero-order valence-corrected chi connectivity index (χ0v) is 7.28. The zero-order chi connectivity index (χ0) is 8.10. The van der Waals surface area contributed by atoms with E-state index in [1.54, 1.807) is 18.5 Å². The molecule has 0 unspecified atom stereocenters. The van der Waals surface area contributed by atoms with E-state index >= 15 is 0 Å². The predicted octanol–water partition coefficient (Wildman–Crippen LogP) is 2.06. The van der Waals surface area contributed by atoms with Crippen molar-refractivity contribution in [2.45, 2.75) is 0 Å². The molecule has 0 atom stereocenters. The number of carbonyl (C=O) groups is 1. The molecular weight excluding hydrogens is 206 g/mol. The average Bonchev–Trinajstić information content (AvgIpc) is 2.03. The second kappa shape index (κ2) is 4.03. The highest BCUT2D eigenvalue weighted by atomic mass is 79.9. The molecule has 0 fully saturated rings. The fraction of sp³-hybridized carbons (Fsp3) is 0. The fourth-order valence-corrected chi connectivity index (χ4v) is 1.05. The Kier molecular flexibility index (Phi) is 2.98. The number of rotatable bonds is 2. The van der Waals surface area contributed by atoms with Crippen LogP contribution >= 0.6 is 15.9 Å². The Hall–Kier alpha value is -0.960. The van der Waals surface area contributed by atoms with Gasteiger partial charge in [0.25, 0.3) is 0 Å². The lowest BCUT2D eigenvalue weighted by atomic mass is 10.2. The molecule has 0 N–H and O–H groups in total. The minimum Gasteiger partial charge on any atom is -0.299 e. The number of pyridine rings is 1. The molecule has 1 aromatic heterocycles. The first kappa shape index (κ1) is 8.14. The van der Waals surface area contributed by atoms with Crippen LogP contribution in [0.1, 0.15) is 5.56 Å². The molecule has 0 spiro atoms. The van der Waals surface area contributed by atoms with Gasteiger partial charge >= 0.3 is 0 Å². The number of hydrogen-bond donors (Lipinski definition) is 0. The van der Waals surface area contributed by atoms with Crippen molar-refractivity contribution in [3.63, 3.8) is 0 Å².